The number of rotatable bonds is 6. The Balaban J connectivity index is 1.55. The summed E-state index contributed by atoms with van der Waals surface area (Å²) in [5, 5.41) is 7.83. The summed E-state index contributed by atoms with van der Waals surface area (Å²) < 4.78 is 32.5. The molecule has 3 rings (SSSR count). The summed E-state index contributed by atoms with van der Waals surface area (Å²) in [6, 6.07) is 6.85. The fourth-order valence-corrected chi connectivity index (χ4v) is 5.02. The quantitative estimate of drug-likeness (QED) is 0.414. The van der Waals surface area contributed by atoms with Crippen LogP contribution in [-0.4, -0.2) is 55.9 Å². The minimum Gasteiger partial charge on any atom is -0.376 e. The lowest BCUT2D eigenvalue weighted by Gasteiger charge is -2.25. The Hall–Kier alpha value is -1.55. The van der Waals surface area contributed by atoms with E-state index >= 15 is 0 Å². The maximum atomic E-state index is 12.7. The first-order chi connectivity index (χ1) is 13.5. The van der Waals surface area contributed by atoms with Crippen LogP contribution in [0.4, 0.5) is 0 Å². The van der Waals surface area contributed by atoms with Crippen molar-refractivity contribution in [3.63, 3.8) is 0 Å². The maximum Gasteiger partial charge on any atom is 0.243 e. The van der Waals surface area contributed by atoms with Gasteiger partial charge in [0.1, 0.15) is 0 Å². The summed E-state index contributed by atoms with van der Waals surface area (Å²) in [5.41, 5.74) is 4.39. The molecule has 0 saturated carbocycles. The van der Waals surface area contributed by atoms with Gasteiger partial charge in [0.25, 0.3) is 0 Å². The first-order valence-electron chi connectivity index (χ1n) is 9.77. The van der Waals surface area contributed by atoms with E-state index in [0.717, 1.165) is 50.0 Å². The molecule has 0 amide bonds. The zero-order valence-corrected chi connectivity index (χ0v) is 17.8. The van der Waals surface area contributed by atoms with Crippen LogP contribution in [0.25, 0.3) is 0 Å². The first-order valence-corrected chi connectivity index (χ1v) is 11.6. The van der Waals surface area contributed by atoms with E-state index in [0.29, 0.717) is 29.6 Å². The second-order valence-corrected chi connectivity index (χ2v) is 9.49. The van der Waals surface area contributed by atoms with Gasteiger partial charge in [-0.1, -0.05) is 18.6 Å². The molecule has 2 heterocycles. The summed E-state index contributed by atoms with van der Waals surface area (Å²) in [6.07, 6.45) is 5.29. The van der Waals surface area contributed by atoms with Gasteiger partial charge in [0.2, 0.25) is 10.0 Å². The van der Waals surface area contributed by atoms with Crippen LogP contribution in [0.5, 0.6) is 0 Å². The molecule has 2 aliphatic heterocycles. The largest absolute Gasteiger partial charge is 0.376 e. The monoisotopic (exact) mass is 424 g/mol. The van der Waals surface area contributed by atoms with E-state index in [1.165, 1.54) is 0 Å². The number of nitrogens with one attached hydrogen (secondary N) is 2. The van der Waals surface area contributed by atoms with E-state index in [-0.39, 0.29) is 6.10 Å². The molecule has 0 aromatic heterocycles. The minimum atomic E-state index is -3.41. The van der Waals surface area contributed by atoms with Gasteiger partial charge < -0.3 is 10.1 Å². The van der Waals surface area contributed by atoms with Gasteiger partial charge in [-0.05, 0) is 62.5 Å². The molecule has 1 aromatic carbocycles. The van der Waals surface area contributed by atoms with E-state index in [2.05, 4.69) is 15.8 Å². The van der Waals surface area contributed by atoms with E-state index in [4.69, 9.17) is 17.0 Å². The van der Waals surface area contributed by atoms with Crippen molar-refractivity contribution in [2.24, 2.45) is 5.10 Å². The zero-order chi connectivity index (χ0) is 20.0. The summed E-state index contributed by atoms with van der Waals surface area (Å²) in [5.74, 6) is 0. The maximum absolute atomic E-state index is 12.7. The highest BCUT2D eigenvalue weighted by Crippen LogP contribution is 2.21. The van der Waals surface area contributed by atoms with Gasteiger partial charge in [-0.2, -0.15) is 9.41 Å². The Labute approximate surface area is 172 Å². The molecule has 0 aliphatic carbocycles. The highest BCUT2D eigenvalue weighted by atomic mass is 32.2. The molecule has 0 unspecified atom stereocenters. The highest BCUT2D eigenvalue weighted by molar-refractivity contribution is 7.89. The van der Waals surface area contributed by atoms with Gasteiger partial charge in [0.05, 0.1) is 16.7 Å². The molecule has 154 valence electrons. The number of thiocarbonyl (C=S) groups is 1. The van der Waals surface area contributed by atoms with Gasteiger partial charge in [-0.15, -0.1) is 0 Å². The Bertz CT molecular complexity index is 797. The number of sulfonamides is 1. The molecule has 9 heteroatoms. The zero-order valence-electron chi connectivity index (χ0n) is 16.2. The third-order valence-corrected chi connectivity index (χ3v) is 7.21. The number of benzene rings is 1. The topological polar surface area (TPSA) is 83.0 Å². The molecular formula is C19H28N4O3S2. The van der Waals surface area contributed by atoms with Crippen LogP contribution >= 0.6 is 12.2 Å². The number of piperidine rings is 1. The third-order valence-electron chi connectivity index (χ3n) is 5.06. The molecule has 2 aliphatic rings. The van der Waals surface area contributed by atoms with Gasteiger partial charge >= 0.3 is 0 Å². The average molecular weight is 425 g/mol. The predicted octanol–water partition coefficient (Wildman–Crippen LogP) is 2.23. The van der Waals surface area contributed by atoms with Crippen LogP contribution in [0.2, 0.25) is 0 Å². The Morgan fingerprint density at radius 3 is 2.57 bits per heavy atom. The second kappa shape index (κ2) is 9.78. The van der Waals surface area contributed by atoms with Crippen LogP contribution < -0.4 is 10.7 Å². The summed E-state index contributed by atoms with van der Waals surface area (Å²) in [4.78, 5) is 0.327. The molecular weight excluding hydrogens is 396 g/mol. The van der Waals surface area contributed by atoms with Gasteiger partial charge in [0.15, 0.2) is 5.11 Å². The van der Waals surface area contributed by atoms with Crippen molar-refractivity contribution in [3.05, 3.63) is 29.8 Å². The first kappa shape index (κ1) is 21.2. The van der Waals surface area contributed by atoms with E-state index < -0.39 is 10.0 Å². The van der Waals surface area contributed by atoms with Crippen molar-refractivity contribution < 1.29 is 13.2 Å². The third kappa shape index (κ3) is 5.50. The molecule has 1 aromatic rings. The Morgan fingerprint density at radius 1 is 1.21 bits per heavy atom. The molecule has 0 radical (unpaired) electrons. The van der Waals surface area contributed by atoms with Crippen molar-refractivity contribution >= 4 is 33.1 Å². The standard InChI is InChI=1S/C19H28N4O3S2/c1-15(21-22-19(27)20-14-17-6-5-13-26-17)16-7-9-18(10-8-16)28(24,25)23-11-3-2-4-12-23/h7-10,17H,2-6,11-14H2,1H3,(H2,20,22,27)/b21-15-/t17-/m0/s1. The second-order valence-electron chi connectivity index (χ2n) is 7.14. The fraction of sp³-hybridized carbons (Fsp3) is 0.579. The van der Waals surface area contributed by atoms with Gasteiger partial charge in [-0.3, -0.25) is 5.43 Å². The van der Waals surface area contributed by atoms with Gasteiger partial charge in [0, 0.05) is 26.2 Å². The van der Waals surface area contributed by atoms with Crippen LogP contribution in [0.3, 0.4) is 0 Å². The molecule has 28 heavy (non-hydrogen) atoms. The van der Waals surface area contributed by atoms with E-state index in [9.17, 15) is 8.42 Å². The van der Waals surface area contributed by atoms with Crippen molar-refractivity contribution in [1.82, 2.24) is 15.0 Å². The molecule has 0 bridgehead atoms. The molecule has 1 atom stereocenters. The molecule has 2 N–H and O–H groups in total. The fourth-order valence-electron chi connectivity index (χ4n) is 3.37. The molecule has 2 fully saturated rings. The lowest BCUT2D eigenvalue weighted by molar-refractivity contribution is 0.114. The lowest BCUT2D eigenvalue weighted by atomic mass is 10.1. The predicted molar refractivity (Wildman–Crippen MR) is 114 cm³/mol. The van der Waals surface area contributed by atoms with E-state index in [1.54, 1.807) is 28.6 Å². The van der Waals surface area contributed by atoms with Crippen LogP contribution in [0.15, 0.2) is 34.3 Å². The van der Waals surface area contributed by atoms with Crippen LogP contribution in [0.1, 0.15) is 44.6 Å². The number of hydrogen-bond donors (Lipinski definition) is 2. The van der Waals surface area contributed by atoms with Crippen molar-refractivity contribution in [1.29, 1.82) is 0 Å². The molecule has 2 saturated heterocycles. The Kier molecular flexibility index (Phi) is 7.39. The summed E-state index contributed by atoms with van der Waals surface area (Å²) in [6.45, 7) is 4.54. The summed E-state index contributed by atoms with van der Waals surface area (Å²) >= 11 is 5.23. The van der Waals surface area contributed by atoms with Gasteiger partial charge in [-0.25, -0.2) is 8.42 Å². The van der Waals surface area contributed by atoms with Crippen molar-refractivity contribution in [2.45, 2.75) is 50.0 Å². The van der Waals surface area contributed by atoms with E-state index in [1.807, 2.05) is 6.92 Å². The van der Waals surface area contributed by atoms with Crippen LogP contribution in [-0.2, 0) is 14.8 Å². The summed E-state index contributed by atoms with van der Waals surface area (Å²) in [7, 11) is -3.41. The number of hydrazone groups is 1. The Morgan fingerprint density at radius 2 is 1.93 bits per heavy atom. The SMILES string of the molecule is C/C(=N/NC(=S)NC[C@@H]1CCCO1)c1ccc(S(=O)(=O)N2CCCCC2)cc1. The van der Waals surface area contributed by atoms with Crippen LogP contribution in [0, 0.1) is 0 Å². The normalized spacial score (nSPS) is 21.5. The number of ether oxygens (including phenoxy) is 1. The van der Waals surface area contributed by atoms with Crippen molar-refractivity contribution in [3.8, 4) is 0 Å². The highest BCUT2D eigenvalue weighted by Gasteiger charge is 2.25. The molecule has 7 nitrogen and oxygen atoms in total. The average Bonchev–Trinajstić information content (AvgIpc) is 3.25. The number of nitrogens with zero attached hydrogens (tertiary/aromatic N) is 2. The minimum absolute atomic E-state index is 0.208. The smallest absolute Gasteiger partial charge is 0.243 e. The number of hydrogen-bond acceptors (Lipinski definition) is 5. The van der Waals surface area contributed by atoms with Crippen molar-refractivity contribution in [2.75, 3.05) is 26.2 Å². The molecule has 0 spiro atoms. The lowest BCUT2D eigenvalue weighted by Crippen LogP contribution is -2.37.